The Bertz CT molecular complexity index is 465. The third-order valence-corrected chi connectivity index (χ3v) is 4.60. The number of rotatable bonds is 4. The largest absolute Gasteiger partial charge is 0.366 e. The van der Waals surface area contributed by atoms with Crippen molar-refractivity contribution in [3.63, 3.8) is 0 Å². The molecule has 0 radical (unpaired) electrons. The van der Waals surface area contributed by atoms with Crippen LogP contribution in [0.25, 0.3) is 0 Å². The first kappa shape index (κ1) is 13.6. The lowest BCUT2D eigenvalue weighted by atomic mass is 10.0. The molecule has 108 valence electrons. The summed E-state index contributed by atoms with van der Waals surface area (Å²) < 4.78 is 0. The van der Waals surface area contributed by atoms with E-state index < -0.39 is 0 Å². The molecule has 0 spiro atoms. The zero-order valence-electron chi connectivity index (χ0n) is 11.8. The molecule has 2 aliphatic heterocycles. The van der Waals surface area contributed by atoms with Gasteiger partial charge in [-0.05, 0) is 56.5 Å². The minimum atomic E-state index is -0.356. The summed E-state index contributed by atoms with van der Waals surface area (Å²) in [5, 5.41) is 3.64. The summed E-state index contributed by atoms with van der Waals surface area (Å²) in [7, 11) is 0. The predicted molar refractivity (Wildman–Crippen MR) is 79.4 cm³/mol. The van der Waals surface area contributed by atoms with Crippen LogP contribution in [0.3, 0.4) is 0 Å². The molecule has 1 aromatic rings. The second kappa shape index (κ2) is 5.94. The van der Waals surface area contributed by atoms with Gasteiger partial charge in [-0.3, -0.25) is 9.69 Å². The topological polar surface area (TPSA) is 58.4 Å². The number of nitrogens with two attached hydrogens (primary N) is 1. The normalized spacial score (nSPS) is 27.0. The molecule has 1 aromatic carbocycles. The molecule has 2 fully saturated rings. The van der Waals surface area contributed by atoms with Crippen LogP contribution in [-0.4, -0.2) is 36.0 Å². The Kier molecular flexibility index (Phi) is 4.03. The first-order chi connectivity index (χ1) is 9.74. The van der Waals surface area contributed by atoms with Crippen LogP contribution in [0.4, 0.5) is 0 Å². The average Bonchev–Trinajstić information content (AvgIpc) is 3.09. The molecular formula is C16H23N3O. The van der Waals surface area contributed by atoms with E-state index in [2.05, 4.69) is 10.2 Å². The van der Waals surface area contributed by atoms with Crippen LogP contribution in [0.15, 0.2) is 24.3 Å². The highest BCUT2D eigenvalue weighted by atomic mass is 16.1. The molecule has 3 rings (SSSR count). The highest BCUT2D eigenvalue weighted by Gasteiger charge is 2.32. The first-order valence-electron chi connectivity index (χ1n) is 7.60. The molecule has 4 heteroatoms. The second-order valence-corrected chi connectivity index (χ2v) is 5.94. The van der Waals surface area contributed by atoms with Gasteiger partial charge < -0.3 is 11.1 Å². The Morgan fingerprint density at radius 1 is 1.25 bits per heavy atom. The molecule has 2 aliphatic rings. The molecule has 2 atom stereocenters. The van der Waals surface area contributed by atoms with E-state index in [4.69, 9.17) is 5.73 Å². The smallest absolute Gasteiger partial charge is 0.248 e. The van der Waals surface area contributed by atoms with E-state index in [9.17, 15) is 4.79 Å². The molecule has 0 saturated carbocycles. The molecule has 0 bridgehead atoms. The number of amides is 1. The van der Waals surface area contributed by atoms with Gasteiger partial charge in [0.25, 0.3) is 0 Å². The Hall–Kier alpha value is -1.39. The first-order valence-corrected chi connectivity index (χ1v) is 7.60. The summed E-state index contributed by atoms with van der Waals surface area (Å²) in [6.07, 6.45) is 5.21. The number of carbonyl (C=O) groups is 1. The van der Waals surface area contributed by atoms with Crippen LogP contribution in [0.2, 0.25) is 0 Å². The van der Waals surface area contributed by atoms with Gasteiger partial charge >= 0.3 is 0 Å². The number of primary amides is 1. The molecule has 2 unspecified atom stereocenters. The number of hydrogen-bond donors (Lipinski definition) is 2. The quantitative estimate of drug-likeness (QED) is 0.874. The molecule has 2 heterocycles. The maximum absolute atomic E-state index is 11.1. The summed E-state index contributed by atoms with van der Waals surface area (Å²) in [4.78, 5) is 13.7. The Morgan fingerprint density at radius 3 is 2.70 bits per heavy atom. The monoisotopic (exact) mass is 273 g/mol. The molecule has 1 amide bonds. The molecule has 0 aromatic heterocycles. The van der Waals surface area contributed by atoms with Gasteiger partial charge in [0.2, 0.25) is 5.91 Å². The van der Waals surface area contributed by atoms with Gasteiger partial charge in [-0.2, -0.15) is 0 Å². The summed E-state index contributed by atoms with van der Waals surface area (Å²) in [5.74, 6) is -0.356. The number of nitrogens with one attached hydrogen (secondary N) is 1. The van der Waals surface area contributed by atoms with Crippen molar-refractivity contribution in [1.29, 1.82) is 0 Å². The van der Waals surface area contributed by atoms with Crippen molar-refractivity contribution in [2.24, 2.45) is 5.73 Å². The van der Waals surface area contributed by atoms with Crippen molar-refractivity contribution in [2.45, 2.75) is 44.3 Å². The zero-order chi connectivity index (χ0) is 13.9. The average molecular weight is 273 g/mol. The summed E-state index contributed by atoms with van der Waals surface area (Å²) in [6, 6.07) is 9.05. The van der Waals surface area contributed by atoms with Crippen LogP contribution >= 0.6 is 0 Å². The minimum Gasteiger partial charge on any atom is -0.366 e. The van der Waals surface area contributed by atoms with Crippen LogP contribution in [0, 0.1) is 0 Å². The Morgan fingerprint density at radius 2 is 2.05 bits per heavy atom. The van der Waals surface area contributed by atoms with Gasteiger partial charge in [-0.15, -0.1) is 0 Å². The molecule has 2 saturated heterocycles. The van der Waals surface area contributed by atoms with Crippen molar-refractivity contribution in [2.75, 3.05) is 13.1 Å². The summed E-state index contributed by atoms with van der Waals surface area (Å²) >= 11 is 0. The van der Waals surface area contributed by atoms with E-state index in [0.717, 1.165) is 6.54 Å². The van der Waals surface area contributed by atoms with E-state index in [1.54, 1.807) is 0 Å². The van der Waals surface area contributed by atoms with Crippen molar-refractivity contribution in [3.8, 4) is 0 Å². The number of nitrogens with zero attached hydrogens (tertiary/aromatic N) is 1. The predicted octanol–water partition coefficient (Wildman–Crippen LogP) is 1.50. The van der Waals surface area contributed by atoms with E-state index >= 15 is 0 Å². The fourth-order valence-electron chi connectivity index (χ4n) is 3.55. The van der Waals surface area contributed by atoms with Gasteiger partial charge in [0.05, 0.1) is 0 Å². The van der Waals surface area contributed by atoms with Gasteiger partial charge in [-0.25, -0.2) is 0 Å². The van der Waals surface area contributed by atoms with Crippen molar-refractivity contribution in [3.05, 3.63) is 35.4 Å². The second-order valence-electron chi connectivity index (χ2n) is 5.94. The van der Waals surface area contributed by atoms with Gasteiger partial charge in [0.1, 0.15) is 0 Å². The van der Waals surface area contributed by atoms with Crippen molar-refractivity contribution >= 4 is 5.91 Å². The summed E-state index contributed by atoms with van der Waals surface area (Å²) in [6.45, 7) is 3.32. The third kappa shape index (κ3) is 2.86. The Balaban J connectivity index is 1.65. The molecule has 0 aliphatic carbocycles. The Labute approximate surface area is 120 Å². The lowest BCUT2D eigenvalue weighted by molar-refractivity contribution is 0.100. The number of hydrogen-bond acceptors (Lipinski definition) is 3. The van der Waals surface area contributed by atoms with Crippen LogP contribution in [0.5, 0.6) is 0 Å². The van der Waals surface area contributed by atoms with Crippen LogP contribution in [0.1, 0.15) is 41.6 Å². The third-order valence-electron chi connectivity index (χ3n) is 4.60. The molecule has 3 N–H and O–H groups in total. The van der Waals surface area contributed by atoms with Gasteiger partial charge in [-0.1, -0.05) is 12.1 Å². The zero-order valence-corrected chi connectivity index (χ0v) is 11.8. The number of likely N-dealkylation sites (tertiary alicyclic amines) is 1. The van der Waals surface area contributed by atoms with Gasteiger partial charge in [0.15, 0.2) is 0 Å². The number of carbonyl (C=O) groups excluding carboxylic acids is 1. The van der Waals surface area contributed by atoms with E-state index in [1.807, 2.05) is 24.3 Å². The fraction of sp³-hybridized carbons (Fsp3) is 0.562. The number of benzene rings is 1. The maximum Gasteiger partial charge on any atom is 0.248 e. The standard InChI is InChI=1S/C16H23N3O/c17-16(20)13-7-5-12(6-8-13)11-19-10-2-4-15(19)14-3-1-9-18-14/h5-8,14-15,18H,1-4,9-11H2,(H2,17,20). The molecule has 4 nitrogen and oxygen atoms in total. The molecular weight excluding hydrogens is 250 g/mol. The van der Waals surface area contributed by atoms with Crippen molar-refractivity contribution in [1.82, 2.24) is 10.2 Å². The molecule has 20 heavy (non-hydrogen) atoms. The highest BCUT2D eigenvalue weighted by Crippen LogP contribution is 2.26. The van der Waals surface area contributed by atoms with E-state index in [-0.39, 0.29) is 5.91 Å². The van der Waals surface area contributed by atoms with Gasteiger partial charge in [0, 0.05) is 24.2 Å². The highest BCUT2D eigenvalue weighted by molar-refractivity contribution is 5.92. The SMILES string of the molecule is NC(=O)c1ccc(CN2CCCC2C2CCCN2)cc1. The maximum atomic E-state index is 11.1. The fourth-order valence-corrected chi connectivity index (χ4v) is 3.55. The lowest BCUT2D eigenvalue weighted by Crippen LogP contribution is -2.43. The van der Waals surface area contributed by atoms with Crippen LogP contribution in [-0.2, 0) is 6.54 Å². The van der Waals surface area contributed by atoms with Crippen molar-refractivity contribution < 1.29 is 4.79 Å². The minimum absolute atomic E-state index is 0.356. The van der Waals surface area contributed by atoms with Crippen LogP contribution < -0.4 is 11.1 Å². The lowest BCUT2D eigenvalue weighted by Gasteiger charge is -2.29. The van der Waals surface area contributed by atoms with E-state index in [0.29, 0.717) is 17.6 Å². The van der Waals surface area contributed by atoms with E-state index in [1.165, 1.54) is 44.3 Å². The summed E-state index contributed by atoms with van der Waals surface area (Å²) in [5.41, 5.74) is 7.13.